The maximum atomic E-state index is 13.6. The lowest BCUT2D eigenvalue weighted by atomic mass is 10.0. The van der Waals surface area contributed by atoms with Crippen LogP contribution in [0.25, 0.3) is 5.57 Å². The minimum Gasteiger partial charge on any atom is -0.337 e. The molecule has 30 heavy (non-hydrogen) atoms. The third kappa shape index (κ3) is 3.38. The second-order valence-corrected chi connectivity index (χ2v) is 7.47. The molecule has 2 amide bonds. The van der Waals surface area contributed by atoms with Crippen molar-refractivity contribution in [3.8, 4) is 0 Å². The Morgan fingerprint density at radius 2 is 1.43 bits per heavy atom. The number of carbonyl (C=O) groups excluding carboxylic acids is 2. The number of likely N-dealkylation sites (N-methyl/N-ethyl adjacent to an activating group) is 1. The summed E-state index contributed by atoms with van der Waals surface area (Å²) in [5, 5.41) is 0.442. The van der Waals surface area contributed by atoms with Gasteiger partial charge in [-0.1, -0.05) is 77.8 Å². The maximum absolute atomic E-state index is 13.6. The molecule has 3 aromatic carbocycles. The number of amides is 2. The highest BCUT2D eigenvalue weighted by Crippen LogP contribution is 2.40. The minimum atomic E-state index is -0.436. The number of carbonyl (C=O) groups is 2. The second kappa shape index (κ2) is 8.34. The number of nitrogens with zero attached hydrogens (tertiary/aromatic N) is 2. The lowest BCUT2D eigenvalue weighted by molar-refractivity contribution is -0.120. The van der Waals surface area contributed by atoms with Gasteiger partial charge < -0.3 is 4.90 Å². The summed E-state index contributed by atoms with van der Waals surface area (Å²) in [6, 6.07) is 23.6. The van der Waals surface area contributed by atoms with Gasteiger partial charge in [-0.05, 0) is 36.8 Å². The van der Waals surface area contributed by atoms with Gasteiger partial charge in [0.2, 0.25) is 0 Å². The van der Waals surface area contributed by atoms with Crippen molar-refractivity contribution < 1.29 is 9.59 Å². The van der Waals surface area contributed by atoms with E-state index in [9.17, 15) is 9.59 Å². The van der Waals surface area contributed by atoms with E-state index in [1.807, 2.05) is 72.5 Å². The van der Waals surface area contributed by atoms with E-state index >= 15 is 0 Å². The van der Waals surface area contributed by atoms with Crippen LogP contribution < -0.4 is 9.80 Å². The number of para-hydroxylation sites is 1. The summed E-state index contributed by atoms with van der Waals surface area (Å²) in [5.74, 6) is -0.867. The Labute approximate surface area is 184 Å². The number of imide groups is 1. The van der Waals surface area contributed by atoms with Gasteiger partial charge in [0, 0.05) is 12.2 Å². The van der Waals surface area contributed by atoms with Crippen LogP contribution in [0.15, 0.2) is 84.6 Å². The van der Waals surface area contributed by atoms with Crippen molar-refractivity contribution in [2.75, 3.05) is 16.3 Å². The minimum absolute atomic E-state index is 0.164. The molecule has 0 N–H and O–H groups in total. The summed E-state index contributed by atoms with van der Waals surface area (Å²) in [7, 11) is 0. The molecule has 0 unspecified atom stereocenters. The van der Waals surface area contributed by atoms with Crippen LogP contribution in [0.1, 0.15) is 12.5 Å². The molecule has 6 heteroatoms. The third-order valence-electron chi connectivity index (χ3n) is 4.95. The highest BCUT2D eigenvalue weighted by atomic mass is 35.5. The Bertz CT molecular complexity index is 1140. The van der Waals surface area contributed by atoms with E-state index in [1.165, 1.54) is 0 Å². The van der Waals surface area contributed by atoms with Gasteiger partial charge in [0.15, 0.2) is 0 Å². The quantitative estimate of drug-likeness (QED) is 0.474. The van der Waals surface area contributed by atoms with Gasteiger partial charge in [0.25, 0.3) is 11.8 Å². The molecule has 1 heterocycles. The number of hydrogen-bond acceptors (Lipinski definition) is 3. The molecule has 1 aliphatic rings. The molecule has 1 aliphatic heterocycles. The van der Waals surface area contributed by atoms with Crippen LogP contribution in [0.3, 0.4) is 0 Å². The molecule has 0 bridgehead atoms. The fraction of sp³-hybridized carbons (Fsp3) is 0.0833. The predicted octanol–water partition coefficient (Wildman–Crippen LogP) is 5.80. The molecule has 3 aromatic rings. The first-order valence-corrected chi connectivity index (χ1v) is 10.2. The normalized spacial score (nSPS) is 13.9. The highest BCUT2D eigenvalue weighted by Gasteiger charge is 2.43. The molecule has 150 valence electrons. The van der Waals surface area contributed by atoms with Gasteiger partial charge in [0.1, 0.15) is 5.70 Å². The van der Waals surface area contributed by atoms with E-state index in [-0.39, 0.29) is 15.7 Å². The zero-order valence-electron chi connectivity index (χ0n) is 16.2. The monoisotopic (exact) mass is 436 g/mol. The smallest absolute Gasteiger partial charge is 0.282 e. The van der Waals surface area contributed by atoms with Crippen molar-refractivity contribution in [3.63, 3.8) is 0 Å². The average Bonchev–Trinajstić information content (AvgIpc) is 3.02. The lowest BCUT2D eigenvalue weighted by Crippen LogP contribution is -2.35. The molecule has 0 aromatic heterocycles. The van der Waals surface area contributed by atoms with E-state index in [2.05, 4.69) is 0 Å². The molecular formula is C24H18Cl2N2O2. The summed E-state index contributed by atoms with van der Waals surface area (Å²) < 4.78 is 0. The molecule has 0 aliphatic carbocycles. The van der Waals surface area contributed by atoms with Crippen LogP contribution >= 0.6 is 23.2 Å². The van der Waals surface area contributed by atoms with Gasteiger partial charge in [-0.3, -0.25) is 9.59 Å². The van der Waals surface area contributed by atoms with Gasteiger partial charge >= 0.3 is 0 Å². The van der Waals surface area contributed by atoms with Gasteiger partial charge in [-0.15, -0.1) is 0 Å². The number of anilines is 2. The molecule has 0 radical (unpaired) electrons. The SMILES string of the molecule is CCN(C1=C(c2ccccc2)C(=O)N(c2cccc(Cl)c2Cl)C1=O)c1ccccc1. The summed E-state index contributed by atoms with van der Waals surface area (Å²) >= 11 is 12.5. The van der Waals surface area contributed by atoms with Gasteiger partial charge in [0.05, 0.1) is 21.3 Å². The van der Waals surface area contributed by atoms with Crippen LogP contribution in [-0.4, -0.2) is 18.4 Å². The Morgan fingerprint density at radius 3 is 2.07 bits per heavy atom. The zero-order valence-corrected chi connectivity index (χ0v) is 17.7. The van der Waals surface area contributed by atoms with E-state index in [0.29, 0.717) is 23.4 Å². The molecule has 0 spiro atoms. The first kappa shape index (κ1) is 20.2. The number of hydrogen-bond donors (Lipinski definition) is 0. The van der Waals surface area contributed by atoms with Crippen LogP contribution in [0.2, 0.25) is 10.0 Å². The van der Waals surface area contributed by atoms with Crippen LogP contribution in [0, 0.1) is 0 Å². The number of halogens is 2. The van der Waals surface area contributed by atoms with Crippen molar-refractivity contribution in [2.24, 2.45) is 0 Å². The summed E-state index contributed by atoms with van der Waals surface area (Å²) in [6.45, 7) is 2.45. The second-order valence-electron chi connectivity index (χ2n) is 6.69. The lowest BCUT2D eigenvalue weighted by Gasteiger charge is -2.25. The molecule has 0 saturated heterocycles. The number of rotatable bonds is 5. The third-order valence-corrected chi connectivity index (χ3v) is 5.76. The summed E-state index contributed by atoms with van der Waals surface area (Å²) in [5.41, 5.74) is 2.41. The van der Waals surface area contributed by atoms with E-state index in [1.54, 1.807) is 18.2 Å². The van der Waals surface area contributed by atoms with Gasteiger partial charge in [-0.25, -0.2) is 4.90 Å². The van der Waals surface area contributed by atoms with Crippen LogP contribution in [0.4, 0.5) is 11.4 Å². The molecule has 0 saturated carbocycles. The molecule has 0 fully saturated rings. The first-order chi connectivity index (χ1) is 14.5. The predicted molar refractivity (Wildman–Crippen MR) is 122 cm³/mol. The van der Waals surface area contributed by atoms with Crippen LogP contribution in [0.5, 0.6) is 0 Å². The Morgan fingerprint density at radius 1 is 0.800 bits per heavy atom. The molecule has 4 nitrogen and oxygen atoms in total. The largest absolute Gasteiger partial charge is 0.337 e. The van der Waals surface area contributed by atoms with E-state index in [4.69, 9.17) is 23.2 Å². The molecule has 0 atom stereocenters. The first-order valence-electron chi connectivity index (χ1n) is 9.49. The molecule has 4 rings (SSSR count). The fourth-order valence-corrected chi connectivity index (χ4v) is 3.98. The standard InChI is InChI=1S/C24H18Cl2N2O2/c1-2-27(17-12-7-4-8-13-17)22-20(16-10-5-3-6-11-16)23(29)28(24(22)30)19-15-9-14-18(25)21(19)26/h3-15H,2H2,1H3. The van der Waals surface area contributed by atoms with E-state index < -0.39 is 11.8 Å². The van der Waals surface area contributed by atoms with Crippen molar-refractivity contribution in [1.29, 1.82) is 0 Å². The Kier molecular flexibility index (Phi) is 5.62. The highest BCUT2D eigenvalue weighted by molar-refractivity contribution is 6.50. The summed E-state index contributed by atoms with van der Waals surface area (Å²) in [4.78, 5) is 30.2. The summed E-state index contributed by atoms with van der Waals surface area (Å²) in [6.07, 6.45) is 0. The van der Waals surface area contributed by atoms with Crippen molar-refractivity contribution in [3.05, 3.63) is 100 Å². The maximum Gasteiger partial charge on any atom is 0.282 e. The average molecular weight is 437 g/mol. The van der Waals surface area contributed by atoms with Crippen molar-refractivity contribution >= 4 is 52.0 Å². The molecular weight excluding hydrogens is 419 g/mol. The number of benzene rings is 3. The van der Waals surface area contributed by atoms with Crippen molar-refractivity contribution in [2.45, 2.75) is 6.92 Å². The van der Waals surface area contributed by atoms with Gasteiger partial charge in [-0.2, -0.15) is 0 Å². The zero-order chi connectivity index (χ0) is 21.3. The Hall–Kier alpha value is -3.08. The fourth-order valence-electron chi connectivity index (χ4n) is 3.60. The van der Waals surface area contributed by atoms with E-state index in [0.717, 1.165) is 10.6 Å². The topological polar surface area (TPSA) is 40.6 Å². The van der Waals surface area contributed by atoms with Crippen LogP contribution in [-0.2, 0) is 9.59 Å². The Balaban J connectivity index is 1.93. The van der Waals surface area contributed by atoms with Crippen molar-refractivity contribution in [1.82, 2.24) is 0 Å².